The summed E-state index contributed by atoms with van der Waals surface area (Å²) in [5.41, 5.74) is 5.72. The molecule has 2 rings (SSSR count). The Morgan fingerprint density at radius 1 is 1.62 bits per heavy atom. The van der Waals surface area contributed by atoms with Gasteiger partial charge >= 0.3 is 0 Å². The second-order valence-corrected chi connectivity index (χ2v) is 7.03. The van der Waals surface area contributed by atoms with Crippen LogP contribution in [0.3, 0.4) is 0 Å². The van der Waals surface area contributed by atoms with Gasteiger partial charge in [0.25, 0.3) is 0 Å². The monoisotopic (exact) mass is 258 g/mol. The molecule has 6 heteroatoms. The van der Waals surface area contributed by atoms with Gasteiger partial charge in [0.1, 0.15) is 0 Å². The summed E-state index contributed by atoms with van der Waals surface area (Å²) < 4.78 is 23.8. The number of thioether (sulfide) groups is 1. The zero-order chi connectivity index (χ0) is 11.8. The van der Waals surface area contributed by atoms with Crippen LogP contribution < -0.4 is 5.73 Å². The molecule has 16 heavy (non-hydrogen) atoms. The van der Waals surface area contributed by atoms with Gasteiger partial charge in [-0.2, -0.15) is 0 Å². The number of hydrogen-bond acceptors (Lipinski definition) is 5. The lowest BCUT2D eigenvalue weighted by Gasteiger charge is -2.11. The molecule has 0 aromatic rings. The van der Waals surface area contributed by atoms with Gasteiger partial charge in [-0.1, -0.05) is 25.1 Å². The zero-order valence-corrected chi connectivity index (χ0v) is 10.6. The van der Waals surface area contributed by atoms with Crippen LogP contribution in [-0.2, 0) is 9.84 Å². The quantitative estimate of drug-likeness (QED) is 0.817. The van der Waals surface area contributed by atoms with Crippen LogP contribution in [0.4, 0.5) is 0 Å². The largest absolute Gasteiger partial charge is 0.392 e. The number of sulfone groups is 1. The van der Waals surface area contributed by atoms with Gasteiger partial charge in [-0.15, -0.1) is 0 Å². The van der Waals surface area contributed by atoms with Crippen molar-refractivity contribution in [3.63, 3.8) is 0 Å². The van der Waals surface area contributed by atoms with Gasteiger partial charge in [-0.3, -0.25) is 4.99 Å². The fraction of sp³-hybridized carbons (Fsp3) is 0.500. The Hall–Kier alpha value is -0.750. The van der Waals surface area contributed by atoms with Crippen LogP contribution in [0, 0.1) is 5.92 Å². The Labute approximate surface area is 99.6 Å². The van der Waals surface area contributed by atoms with Gasteiger partial charge in [-0.05, 0) is 6.42 Å². The first kappa shape index (κ1) is 11.7. The Balaban J connectivity index is 2.44. The second kappa shape index (κ2) is 4.25. The van der Waals surface area contributed by atoms with Gasteiger partial charge in [-0.25, -0.2) is 8.42 Å². The highest BCUT2D eigenvalue weighted by atomic mass is 32.2. The van der Waals surface area contributed by atoms with E-state index in [1.54, 1.807) is 0 Å². The smallest absolute Gasteiger partial charge is 0.181 e. The molecule has 2 heterocycles. The fourth-order valence-electron chi connectivity index (χ4n) is 1.96. The molecule has 0 spiro atoms. The van der Waals surface area contributed by atoms with E-state index in [0.29, 0.717) is 9.93 Å². The fourth-order valence-corrected chi connectivity index (χ4v) is 5.19. The molecule has 0 saturated heterocycles. The van der Waals surface area contributed by atoms with Crippen molar-refractivity contribution in [3.8, 4) is 0 Å². The average molecular weight is 258 g/mol. The minimum Gasteiger partial charge on any atom is -0.392 e. The molecule has 0 amide bonds. The van der Waals surface area contributed by atoms with Crippen LogP contribution in [-0.4, -0.2) is 20.4 Å². The van der Waals surface area contributed by atoms with Crippen molar-refractivity contribution >= 4 is 27.8 Å². The number of nitrogens with zero attached hydrogens (tertiary/aromatic N) is 1. The second-order valence-electron chi connectivity index (χ2n) is 3.91. The average Bonchev–Trinajstić information content (AvgIpc) is 2.38. The summed E-state index contributed by atoms with van der Waals surface area (Å²) in [5.74, 6) is 0.296. The van der Waals surface area contributed by atoms with E-state index < -0.39 is 9.84 Å². The molecule has 2 aliphatic rings. The predicted octanol–water partition coefficient (Wildman–Crippen LogP) is 1.62. The van der Waals surface area contributed by atoms with E-state index in [2.05, 4.69) is 11.9 Å². The normalized spacial score (nSPS) is 27.6. The highest BCUT2D eigenvalue weighted by molar-refractivity contribution is 8.08. The minimum absolute atomic E-state index is 0.0894. The summed E-state index contributed by atoms with van der Waals surface area (Å²) in [6.45, 7) is 2.06. The maximum absolute atomic E-state index is 11.9. The molecular weight excluding hydrogens is 244 g/mol. The number of allylic oxidation sites excluding steroid dienone is 2. The topological polar surface area (TPSA) is 72.5 Å². The number of aliphatic imine (C=N–C) groups is 1. The molecule has 88 valence electrons. The summed E-state index contributed by atoms with van der Waals surface area (Å²) in [6, 6.07) is 0. The van der Waals surface area contributed by atoms with E-state index in [1.807, 2.05) is 0 Å². The summed E-state index contributed by atoms with van der Waals surface area (Å²) in [5, 5.41) is 0.555. The van der Waals surface area contributed by atoms with Crippen molar-refractivity contribution in [1.82, 2.24) is 0 Å². The predicted molar refractivity (Wildman–Crippen MR) is 67.6 cm³/mol. The van der Waals surface area contributed by atoms with E-state index in [1.165, 1.54) is 24.2 Å². The van der Waals surface area contributed by atoms with Gasteiger partial charge in [0.05, 0.1) is 21.9 Å². The Bertz CT molecular complexity index is 489. The van der Waals surface area contributed by atoms with Gasteiger partial charge < -0.3 is 5.73 Å². The molecule has 0 saturated carbocycles. The first-order valence-corrected chi connectivity index (χ1v) is 7.65. The molecule has 2 aliphatic heterocycles. The van der Waals surface area contributed by atoms with Crippen LogP contribution in [0.5, 0.6) is 0 Å². The third-order valence-electron chi connectivity index (χ3n) is 2.63. The van der Waals surface area contributed by atoms with Crippen molar-refractivity contribution in [2.24, 2.45) is 16.6 Å². The minimum atomic E-state index is -3.14. The Kier molecular flexibility index (Phi) is 3.12. The van der Waals surface area contributed by atoms with Crippen molar-refractivity contribution in [2.75, 3.05) is 5.75 Å². The highest BCUT2D eigenvalue weighted by Crippen LogP contribution is 2.42. The summed E-state index contributed by atoms with van der Waals surface area (Å²) in [4.78, 5) is 5.16. The lowest BCUT2D eigenvalue weighted by Crippen LogP contribution is -2.08. The van der Waals surface area contributed by atoms with Crippen LogP contribution in [0.15, 0.2) is 26.0 Å². The van der Waals surface area contributed by atoms with Crippen LogP contribution in [0.1, 0.15) is 19.8 Å². The maximum atomic E-state index is 11.9. The first-order valence-electron chi connectivity index (χ1n) is 5.18. The summed E-state index contributed by atoms with van der Waals surface area (Å²) in [6.07, 6.45) is 4.78. The molecule has 4 nitrogen and oxygen atoms in total. The molecule has 1 atom stereocenters. The van der Waals surface area contributed by atoms with E-state index in [-0.39, 0.29) is 11.7 Å². The van der Waals surface area contributed by atoms with Gasteiger partial charge in [0.15, 0.2) is 9.84 Å². The molecule has 0 aliphatic carbocycles. The van der Waals surface area contributed by atoms with Crippen molar-refractivity contribution in [3.05, 3.63) is 21.0 Å². The van der Waals surface area contributed by atoms with Crippen LogP contribution >= 0.6 is 11.8 Å². The Morgan fingerprint density at radius 2 is 2.38 bits per heavy atom. The zero-order valence-electron chi connectivity index (χ0n) is 9.01. The first-order chi connectivity index (χ1) is 7.54. The number of hydrogen-bond donors (Lipinski definition) is 1. The molecule has 0 radical (unpaired) electrons. The third-order valence-corrected chi connectivity index (χ3v) is 5.71. The summed E-state index contributed by atoms with van der Waals surface area (Å²) in [7, 11) is -3.14. The maximum Gasteiger partial charge on any atom is 0.181 e. The van der Waals surface area contributed by atoms with E-state index in [0.717, 1.165) is 17.7 Å². The number of rotatable bonds is 2. The highest BCUT2D eigenvalue weighted by Gasteiger charge is 2.37. The Morgan fingerprint density at radius 3 is 3.06 bits per heavy atom. The van der Waals surface area contributed by atoms with Crippen LogP contribution in [0.25, 0.3) is 0 Å². The third kappa shape index (κ3) is 2.04. The molecular formula is C10H14N2O2S2. The van der Waals surface area contributed by atoms with Crippen molar-refractivity contribution in [1.29, 1.82) is 0 Å². The molecule has 1 unspecified atom stereocenters. The van der Waals surface area contributed by atoms with Gasteiger partial charge in [0, 0.05) is 17.0 Å². The van der Waals surface area contributed by atoms with E-state index in [9.17, 15) is 8.42 Å². The lowest BCUT2D eigenvalue weighted by molar-refractivity contribution is 0.585. The van der Waals surface area contributed by atoms with Gasteiger partial charge in [0.2, 0.25) is 0 Å². The molecule has 0 bridgehead atoms. The van der Waals surface area contributed by atoms with Crippen LogP contribution in [0.2, 0.25) is 0 Å². The molecule has 0 fully saturated rings. The molecule has 2 N–H and O–H groups in total. The molecule has 0 aromatic carbocycles. The lowest BCUT2D eigenvalue weighted by atomic mass is 10.1. The van der Waals surface area contributed by atoms with Crippen molar-refractivity contribution < 1.29 is 8.42 Å². The van der Waals surface area contributed by atoms with Crippen molar-refractivity contribution in [2.45, 2.75) is 19.8 Å². The van der Waals surface area contributed by atoms with E-state index in [4.69, 9.17) is 5.73 Å². The van der Waals surface area contributed by atoms with E-state index >= 15 is 0 Å². The standard InChI is InChI=1S/C10H14N2O2S2/c1-2-3-7-6-16(13,14)8-4-12-5-9(11)15-10(7)8/h4-5,7H,2-3,6,11H2,1H3. The summed E-state index contributed by atoms with van der Waals surface area (Å²) >= 11 is 1.34. The molecule has 0 aromatic heterocycles. The SMILES string of the molecule is CCCC1CS(=O)(=O)C2=C1SC(N)=CN=C2. The number of nitrogens with two attached hydrogens (primary N) is 1.